The van der Waals surface area contributed by atoms with E-state index in [1.807, 2.05) is 32.0 Å². The number of hydrogen-bond donors (Lipinski definition) is 3. The first-order valence-corrected chi connectivity index (χ1v) is 8.25. The number of aromatic nitrogens is 3. The van der Waals surface area contributed by atoms with E-state index in [0.717, 1.165) is 28.6 Å². The molecule has 0 saturated heterocycles. The summed E-state index contributed by atoms with van der Waals surface area (Å²) in [4.78, 5) is 29.4. The molecule has 0 spiro atoms. The summed E-state index contributed by atoms with van der Waals surface area (Å²) in [5, 5.41) is 9.56. The Labute approximate surface area is 144 Å². The van der Waals surface area contributed by atoms with Crippen molar-refractivity contribution in [3.8, 4) is 0 Å². The molecular weight excluding hydrogens is 328 g/mol. The van der Waals surface area contributed by atoms with Crippen LogP contribution in [0.15, 0.2) is 23.4 Å². The first kappa shape index (κ1) is 17.8. The van der Waals surface area contributed by atoms with Crippen LogP contribution >= 0.6 is 11.8 Å². The lowest BCUT2D eigenvalue weighted by Crippen LogP contribution is -2.36. The van der Waals surface area contributed by atoms with Gasteiger partial charge in [-0.1, -0.05) is 23.9 Å². The normalized spacial score (nSPS) is 10.5. The molecule has 2 aromatic rings. The second-order valence-electron chi connectivity index (χ2n) is 5.41. The molecule has 0 aliphatic rings. The molecule has 128 valence electrons. The monoisotopic (exact) mass is 348 g/mol. The number of nitrogens with two attached hydrogens (primary N) is 1. The van der Waals surface area contributed by atoms with Gasteiger partial charge in [-0.05, 0) is 31.0 Å². The number of anilines is 2. The van der Waals surface area contributed by atoms with E-state index in [1.165, 1.54) is 4.90 Å². The third kappa shape index (κ3) is 4.98. The van der Waals surface area contributed by atoms with Gasteiger partial charge in [-0.3, -0.25) is 9.59 Å². The Bertz CT molecular complexity index is 745. The number of likely N-dealkylation sites (N-methyl/N-ethyl adjacent to an activating group) is 1. The molecule has 2 rings (SSSR count). The van der Waals surface area contributed by atoms with Crippen molar-refractivity contribution in [3.63, 3.8) is 0 Å². The number of H-pyrrole nitrogens is 1. The molecule has 8 nitrogen and oxygen atoms in total. The minimum atomic E-state index is -0.244. The van der Waals surface area contributed by atoms with Gasteiger partial charge in [0.1, 0.15) is 0 Å². The minimum Gasteiger partial charge on any atom is -0.368 e. The number of benzene rings is 1. The van der Waals surface area contributed by atoms with Crippen molar-refractivity contribution >= 4 is 35.2 Å². The van der Waals surface area contributed by atoms with E-state index in [-0.39, 0.29) is 30.1 Å². The van der Waals surface area contributed by atoms with Gasteiger partial charge in [0.15, 0.2) is 0 Å². The van der Waals surface area contributed by atoms with E-state index < -0.39 is 0 Å². The van der Waals surface area contributed by atoms with Crippen LogP contribution in [0, 0.1) is 13.8 Å². The molecule has 0 fully saturated rings. The first-order chi connectivity index (χ1) is 11.3. The van der Waals surface area contributed by atoms with E-state index in [2.05, 4.69) is 20.5 Å². The van der Waals surface area contributed by atoms with E-state index in [0.29, 0.717) is 5.16 Å². The van der Waals surface area contributed by atoms with E-state index >= 15 is 0 Å². The van der Waals surface area contributed by atoms with Gasteiger partial charge in [0.05, 0.1) is 12.3 Å². The number of aromatic amines is 1. The molecule has 1 aromatic carbocycles. The Morgan fingerprint density at radius 2 is 2.12 bits per heavy atom. The number of thioether (sulfide) groups is 1. The van der Waals surface area contributed by atoms with Crippen LogP contribution in [0.1, 0.15) is 11.1 Å². The highest BCUT2D eigenvalue weighted by Gasteiger charge is 2.15. The summed E-state index contributed by atoms with van der Waals surface area (Å²) < 4.78 is 0. The fourth-order valence-corrected chi connectivity index (χ4v) is 2.67. The van der Waals surface area contributed by atoms with Crippen LogP contribution < -0.4 is 11.1 Å². The Hall–Kier alpha value is -2.55. The molecule has 0 saturated carbocycles. The number of nitrogens with zero attached hydrogens (tertiary/aromatic N) is 3. The van der Waals surface area contributed by atoms with Crippen LogP contribution in [-0.2, 0) is 9.59 Å². The lowest BCUT2D eigenvalue weighted by molar-refractivity contribution is -0.131. The number of amides is 2. The largest absolute Gasteiger partial charge is 0.368 e. The van der Waals surface area contributed by atoms with Gasteiger partial charge in [0, 0.05) is 12.7 Å². The number of aryl methyl sites for hydroxylation is 2. The van der Waals surface area contributed by atoms with Gasteiger partial charge >= 0.3 is 0 Å². The standard InChI is InChI=1S/C15H20N6O2S/c1-9-4-5-10(2)11(6-9)17-12(22)7-21(3)13(23)8-24-15-18-14(16)19-20-15/h4-6H,7-8H2,1-3H3,(H,17,22)(H3,16,18,19,20). The third-order valence-electron chi connectivity index (χ3n) is 3.28. The lowest BCUT2D eigenvalue weighted by atomic mass is 10.1. The molecule has 9 heteroatoms. The number of nitrogen functional groups attached to an aromatic ring is 1. The van der Waals surface area contributed by atoms with Gasteiger partial charge < -0.3 is 16.0 Å². The number of nitrogens with one attached hydrogen (secondary N) is 2. The van der Waals surface area contributed by atoms with Crippen LogP contribution in [0.2, 0.25) is 0 Å². The topological polar surface area (TPSA) is 117 Å². The van der Waals surface area contributed by atoms with Gasteiger partial charge in [0.2, 0.25) is 22.9 Å². The Kier molecular flexibility index (Phi) is 5.80. The van der Waals surface area contributed by atoms with Crippen molar-refractivity contribution in [2.75, 3.05) is 30.4 Å². The van der Waals surface area contributed by atoms with Crippen LogP contribution in [-0.4, -0.2) is 51.2 Å². The Balaban J connectivity index is 1.84. The zero-order valence-corrected chi connectivity index (χ0v) is 14.6. The highest BCUT2D eigenvalue weighted by molar-refractivity contribution is 7.99. The van der Waals surface area contributed by atoms with Gasteiger partial charge in [-0.25, -0.2) is 5.10 Å². The number of rotatable bonds is 6. The Morgan fingerprint density at radius 1 is 1.38 bits per heavy atom. The van der Waals surface area contributed by atoms with Crippen molar-refractivity contribution in [2.24, 2.45) is 0 Å². The smallest absolute Gasteiger partial charge is 0.243 e. The molecule has 0 radical (unpaired) electrons. The van der Waals surface area contributed by atoms with Crippen molar-refractivity contribution in [3.05, 3.63) is 29.3 Å². The second-order valence-corrected chi connectivity index (χ2v) is 6.35. The summed E-state index contributed by atoms with van der Waals surface area (Å²) in [6, 6.07) is 5.82. The Morgan fingerprint density at radius 3 is 2.79 bits per heavy atom. The molecule has 0 bridgehead atoms. The minimum absolute atomic E-state index is 0.0249. The van der Waals surface area contributed by atoms with E-state index in [4.69, 9.17) is 5.73 Å². The predicted molar refractivity (Wildman–Crippen MR) is 93.7 cm³/mol. The average molecular weight is 348 g/mol. The molecular formula is C15H20N6O2S. The highest BCUT2D eigenvalue weighted by Crippen LogP contribution is 2.16. The summed E-state index contributed by atoms with van der Waals surface area (Å²) >= 11 is 1.16. The van der Waals surface area contributed by atoms with Crippen molar-refractivity contribution < 1.29 is 9.59 Å². The van der Waals surface area contributed by atoms with Gasteiger partial charge in [-0.2, -0.15) is 4.98 Å². The SMILES string of the molecule is Cc1ccc(C)c(NC(=O)CN(C)C(=O)CSc2n[nH]c(N)n2)c1. The molecule has 1 heterocycles. The fourth-order valence-electron chi connectivity index (χ4n) is 1.92. The van der Waals surface area contributed by atoms with Crippen molar-refractivity contribution in [1.29, 1.82) is 0 Å². The number of carbonyl (C=O) groups is 2. The number of hydrogen-bond acceptors (Lipinski definition) is 6. The highest BCUT2D eigenvalue weighted by atomic mass is 32.2. The molecule has 2 amide bonds. The molecule has 0 unspecified atom stereocenters. The summed E-state index contributed by atoms with van der Waals surface area (Å²) in [5.41, 5.74) is 8.20. The fraction of sp³-hybridized carbons (Fsp3) is 0.333. The quantitative estimate of drug-likeness (QED) is 0.675. The molecule has 1 aromatic heterocycles. The van der Waals surface area contributed by atoms with E-state index in [9.17, 15) is 9.59 Å². The molecule has 24 heavy (non-hydrogen) atoms. The summed E-state index contributed by atoms with van der Waals surface area (Å²) in [6.07, 6.45) is 0. The summed E-state index contributed by atoms with van der Waals surface area (Å²) in [7, 11) is 1.58. The van der Waals surface area contributed by atoms with Gasteiger partial charge in [0.25, 0.3) is 0 Å². The van der Waals surface area contributed by atoms with Crippen LogP contribution in [0.5, 0.6) is 0 Å². The average Bonchev–Trinajstić information content (AvgIpc) is 2.94. The van der Waals surface area contributed by atoms with Crippen LogP contribution in [0.25, 0.3) is 0 Å². The van der Waals surface area contributed by atoms with Crippen molar-refractivity contribution in [1.82, 2.24) is 20.1 Å². The predicted octanol–water partition coefficient (Wildman–Crippen LogP) is 1.19. The lowest BCUT2D eigenvalue weighted by Gasteiger charge is -2.17. The molecule has 0 aliphatic carbocycles. The maximum Gasteiger partial charge on any atom is 0.243 e. The van der Waals surface area contributed by atoms with Crippen LogP contribution in [0.3, 0.4) is 0 Å². The third-order valence-corrected chi connectivity index (χ3v) is 4.11. The number of carbonyl (C=O) groups excluding carboxylic acids is 2. The molecule has 0 atom stereocenters. The maximum atomic E-state index is 12.1. The summed E-state index contributed by atoms with van der Waals surface area (Å²) in [6.45, 7) is 3.85. The molecule has 4 N–H and O–H groups in total. The van der Waals surface area contributed by atoms with Crippen LogP contribution in [0.4, 0.5) is 11.6 Å². The second kappa shape index (κ2) is 7.82. The van der Waals surface area contributed by atoms with Crippen molar-refractivity contribution in [2.45, 2.75) is 19.0 Å². The van der Waals surface area contributed by atoms with Gasteiger partial charge in [-0.15, -0.1) is 5.10 Å². The maximum absolute atomic E-state index is 12.1. The molecule has 0 aliphatic heterocycles. The summed E-state index contributed by atoms with van der Waals surface area (Å²) in [5.74, 6) is -0.109. The zero-order valence-electron chi connectivity index (χ0n) is 13.8. The zero-order chi connectivity index (χ0) is 17.7. The van der Waals surface area contributed by atoms with E-state index in [1.54, 1.807) is 7.05 Å². The first-order valence-electron chi connectivity index (χ1n) is 7.27.